The molecule has 0 radical (unpaired) electrons. The van der Waals surface area contributed by atoms with Gasteiger partial charge in [0.25, 0.3) is 0 Å². The summed E-state index contributed by atoms with van der Waals surface area (Å²) in [5, 5.41) is 2.04. The third-order valence-electron chi connectivity index (χ3n) is 2.96. The van der Waals surface area contributed by atoms with Crippen molar-refractivity contribution in [3.8, 4) is 0 Å². The number of unbranched alkanes of at least 4 members (excludes halogenated alkanes) is 3. The molecule has 1 nitrogen and oxygen atoms in total. The minimum absolute atomic E-state index is 0.817. The quantitative estimate of drug-likeness (QED) is 0.707. The lowest BCUT2D eigenvalue weighted by atomic mass is 10.1. The van der Waals surface area contributed by atoms with Gasteiger partial charge in [0, 0.05) is 11.1 Å². The average molecular weight is 236 g/mol. The van der Waals surface area contributed by atoms with E-state index in [1.54, 1.807) is 0 Å². The predicted molar refractivity (Wildman–Crippen MR) is 71.2 cm³/mol. The summed E-state index contributed by atoms with van der Waals surface area (Å²) in [7, 11) is 0. The van der Waals surface area contributed by atoms with E-state index in [-0.39, 0.29) is 0 Å². The Morgan fingerprint density at radius 1 is 1.19 bits per heavy atom. The van der Waals surface area contributed by atoms with Crippen LogP contribution >= 0.6 is 11.6 Å². The molecule has 0 bridgehead atoms. The molecule has 0 unspecified atom stereocenters. The molecule has 2 heteroatoms. The molecule has 0 amide bonds. The first-order valence-corrected chi connectivity index (χ1v) is 6.45. The van der Waals surface area contributed by atoms with Crippen molar-refractivity contribution in [2.75, 3.05) is 0 Å². The Labute approximate surface area is 102 Å². The van der Waals surface area contributed by atoms with Crippen molar-refractivity contribution in [1.29, 1.82) is 0 Å². The Bertz CT molecular complexity index is 459. The van der Waals surface area contributed by atoms with E-state index in [0.717, 1.165) is 17.0 Å². The first-order chi connectivity index (χ1) is 7.81. The van der Waals surface area contributed by atoms with Crippen LogP contribution < -0.4 is 0 Å². The zero-order valence-electron chi connectivity index (χ0n) is 9.72. The topological polar surface area (TPSA) is 15.8 Å². The number of hydrogen-bond acceptors (Lipinski definition) is 0. The second kappa shape index (κ2) is 5.40. The molecule has 1 N–H and O–H groups in total. The number of H-pyrrole nitrogens is 1. The van der Waals surface area contributed by atoms with Crippen LogP contribution in [0.1, 0.15) is 38.3 Å². The lowest BCUT2D eigenvalue weighted by Gasteiger charge is -1.97. The van der Waals surface area contributed by atoms with Gasteiger partial charge in [0.05, 0.1) is 10.5 Å². The minimum atomic E-state index is 0.817. The van der Waals surface area contributed by atoms with E-state index in [0.29, 0.717) is 0 Å². The number of hydrogen-bond donors (Lipinski definition) is 1. The Morgan fingerprint density at radius 3 is 2.81 bits per heavy atom. The van der Waals surface area contributed by atoms with E-state index in [2.05, 4.69) is 24.0 Å². The number of nitrogens with one attached hydrogen (secondary N) is 1. The summed E-state index contributed by atoms with van der Waals surface area (Å²) >= 11 is 6.12. The summed E-state index contributed by atoms with van der Waals surface area (Å²) in [4.78, 5) is 3.41. The summed E-state index contributed by atoms with van der Waals surface area (Å²) < 4.78 is 0. The third-order valence-corrected chi connectivity index (χ3v) is 3.28. The third kappa shape index (κ3) is 2.59. The van der Waals surface area contributed by atoms with Crippen LogP contribution in [-0.2, 0) is 6.42 Å². The van der Waals surface area contributed by atoms with Gasteiger partial charge in [0.2, 0.25) is 0 Å². The highest BCUT2D eigenvalue weighted by molar-refractivity contribution is 6.35. The number of halogens is 1. The maximum absolute atomic E-state index is 6.12. The summed E-state index contributed by atoms with van der Waals surface area (Å²) in [6, 6.07) is 8.25. The van der Waals surface area contributed by atoms with Gasteiger partial charge in [-0.2, -0.15) is 0 Å². The van der Waals surface area contributed by atoms with Gasteiger partial charge in [-0.25, -0.2) is 0 Å². The molecule has 0 spiro atoms. The van der Waals surface area contributed by atoms with Gasteiger partial charge in [-0.3, -0.25) is 0 Å². The maximum atomic E-state index is 6.12. The molecule has 0 saturated heterocycles. The van der Waals surface area contributed by atoms with Crippen LogP contribution in [0.25, 0.3) is 10.9 Å². The highest BCUT2D eigenvalue weighted by atomic mass is 35.5. The number of aryl methyl sites for hydroxylation is 1. The standard InChI is InChI=1S/C14H18ClN/c1-2-3-4-5-8-12-10-11-7-6-9-13(15)14(11)16-12/h6-7,9-10,16H,2-5,8H2,1H3. The largest absolute Gasteiger partial charge is 0.357 e. The molecule has 16 heavy (non-hydrogen) atoms. The van der Waals surface area contributed by atoms with Crippen molar-refractivity contribution in [3.05, 3.63) is 35.0 Å². The molecule has 2 aromatic rings. The molecule has 86 valence electrons. The van der Waals surface area contributed by atoms with Crippen molar-refractivity contribution >= 4 is 22.5 Å². The normalized spacial score (nSPS) is 11.1. The zero-order valence-corrected chi connectivity index (χ0v) is 10.5. The molecule has 1 heterocycles. The van der Waals surface area contributed by atoms with Gasteiger partial charge in [-0.05, 0) is 25.0 Å². The van der Waals surface area contributed by atoms with Crippen LogP contribution in [0.4, 0.5) is 0 Å². The molecular formula is C14H18ClN. The Balaban J connectivity index is 2.05. The molecule has 0 saturated carbocycles. The van der Waals surface area contributed by atoms with Gasteiger partial charge < -0.3 is 4.98 Å². The fraction of sp³-hybridized carbons (Fsp3) is 0.429. The highest BCUT2D eigenvalue weighted by Gasteiger charge is 2.03. The lowest BCUT2D eigenvalue weighted by Crippen LogP contribution is -1.85. The van der Waals surface area contributed by atoms with Crippen LogP contribution in [0.15, 0.2) is 24.3 Å². The Morgan fingerprint density at radius 2 is 2.06 bits per heavy atom. The fourth-order valence-electron chi connectivity index (χ4n) is 2.05. The van der Waals surface area contributed by atoms with Crippen molar-refractivity contribution in [2.45, 2.75) is 39.0 Å². The lowest BCUT2D eigenvalue weighted by molar-refractivity contribution is 0.662. The van der Waals surface area contributed by atoms with E-state index in [1.165, 1.54) is 36.8 Å². The molecule has 0 aliphatic heterocycles. The number of aromatic nitrogens is 1. The second-order valence-electron chi connectivity index (χ2n) is 4.31. The molecule has 1 aromatic carbocycles. The summed E-state index contributed by atoms with van der Waals surface area (Å²) in [5.74, 6) is 0. The zero-order chi connectivity index (χ0) is 11.4. The molecule has 1 aromatic heterocycles. The first-order valence-electron chi connectivity index (χ1n) is 6.07. The van der Waals surface area contributed by atoms with E-state index in [4.69, 9.17) is 11.6 Å². The molecule has 2 rings (SSSR count). The molecule has 0 atom stereocenters. The molecule has 0 aliphatic carbocycles. The van der Waals surface area contributed by atoms with Crippen LogP contribution in [0.5, 0.6) is 0 Å². The smallest absolute Gasteiger partial charge is 0.0647 e. The Hall–Kier alpha value is -0.950. The van der Waals surface area contributed by atoms with E-state index >= 15 is 0 Å². The van der Waals surface area contributed by atoms with Crippen molar-refractivity contribution < 1.29 is 0 Å². The Kier molecular flexibility index (Phi) is 3.89. The molecular weight excluding hydrogens is 218 g/mol. The van der Waals surface area contributed by atoms with Crippen molar-refractivity contribution in [3.63, 3.8) is 0 Å². The number of rotatable bonds is 5. The highest BCUT2D eigenvalue weighted by Crippen LogP contribution is 2.24. The number of benzene rings is 1. The summed E-state index contributed by atoms with van der Waals surface area (Å²) in [6.07, 6.45) is 6.34. The van der Waals surface area contributed by atoms with Crippen LogP contribution in [0, 0.1) is 0 Å². The van der Waals surface area contributed by atoms with E-state index in [1.807, 2.05) is 12.1 Å². The van der Waals surface area contributed by atoms with Crippen LogP contribution in [0.3, 0.4) is 0 Å². The van der Waals surface area contributed by atoms with E-state index in [9.17, 15) is 0 Å². The molecule has 0 aliphatic rings. The SMILES string of the molecule is CCCCCCc1cc2cccc(Cl)c2[nH]1. The minimum Gasteiger partial charge on any atom is -0.357 e. The van der Waals surface area contributed by atoms with Gasteiger partial charge >= 0.3 is 0 Å². The van der Waals surface area contributed by atoms with Crippen LogP contribution in [-0.4, -0.2) is 4.98 Å². The summed E-state index contributed by atoms with van der Waals surface area (Å²) in [6.45, 7) is 2.24. The fourth-order valence-corrected chi connectivity index (χ4v) is 2.28. The predicted octanol–water partition coefficient (Wildman–Crippen LogP) is 4.94. The number of para-hydroxylation sites is 1. The maximum Gasteiger partial charge on any atom is 0.0647 e. The number of aromatic amines is 1. The first kappa shape index (κ1) is 11.5. The summed E-state index contributed by atoms with van der Waals surface area (Å²) in [5.41, 5.74) is 2.38. The van der Waals surface area contributed by atoms with Gasteiger partial charge in [0.15, 0.2) is 0 Å². The van der Waals surface area contributed by atoms with Gasteiger partial charge in [-0.15, -0.1) is 0 Å². The van der Waals surface area contributed by atoms with Gasteiger partial charge in [0.1, 0.15) is 0 Å². The number of fused-ring (bicyclic) bond motifs is 1. The van der Waals surface area contributed by atoms with Crippen molar-refractivity contribution in [1.82, 2.24) is 4.98 Å². The average Bonchev–Trinajstić information content (AvgIpc) is 2.69. The van der Waals surface area contributed by atoms with E-state index < -0.39 is 0 Å². The van der Waals surface area contributed by atoms with Gasteiger partial charge in [-0.1, -0.05) is 49.9 Å². The monoisotopic (exact) mass is 235 g/mol. The van der Waals surface area contributed by atoms with Crippen LogP contribution in [0.2, 0.25) is 5.02 Å². The van der Waals surface area contributed by atoms with Crippen molar-refractivity contribution in [2.24, 2.45) is 0 Å². The molecule has 0 fully saturated rings. The second-order valence-corrected chi connectivity index (χ2v) is 4.72.